The molecule has 0 saturated heterocycles. The van der Waals surface area contributed by atoms with Crippen molar-refractivity contribution in [3.05, 3.63) is 78.9 Å². The quantitative estimate of drug-likeness (QED) is 0.537. The van der Waals surface area contributed by atoms with Crippen LogP contribution in [0.4, 0.5) is 5.69 Å². The maximum Gasteiger partial charge on any atom is 0.284 e. The molecule has 0 aliphatic heterocycles. The van der Waals surface area contributed by atoms with Gasteiger partial charge in [0.25, 0.3) is 20.0 Å². The summed E-state index contributed by atoms with van der Waals surface area (Å²) in [6, 6.07) is 20.2. The van der Waals surface area contributed by atoms with Crippen molar-refractivity contribution in [1.29, 1.82) is 0 Å². The molecule has 4 rings (SSSR count). The van der Waals surface area contributed by atoms with Crippen LogP contribution in [0.15, 0.2) is 88.7 Å². The van der Waals surface area contributed by atoms with Crippen LogP contribution in [0.2, 0.25) is 0 Å². The van der Waals surface area contributed by atoms with Crippen molar-refractivity contribution < 1.29 is 16.8 Å². The highest BCUT2D eigenvalue weighted by Gasteiger charge is 2.23. The number of aromatic nitrogens is 3. The van der Waals surface area contributed by atoms with Gasteiger partial charge in [0.1, 0.15) is 11.0 Å². The molecule has 0 bridgehead atoms. The molecule has 28 heavy (non-hydrogen) atoms. The van der Waals surface area contributed by atoms with Crippen LogP contribution < -0.4 is 4.72 Å². The lowest BCUT2D eigenvalue weighted by Crippen LogP contribution is -2.15. The lowest BCUT2D eigenvalue weighted by molar-refractivity contribution is 0.579. The van der Waals surface area contributed by atoms with Gasteiger partial charge in [-0.05, 0) is 36.4 Å². The Hall–Kier alpha value is -3.24. The number of hydrogen-bond acceptors (Lipinski definition) is 6. The fourth-order valence-electron chi connectivity index (χ4n) is 2.68. The molecule has 0 aliphatic carbocycles. The molecule has 142 valence electrons. The van der Waals surface area contributed by atoms with Crippen molar-refractivity contribution in [3.63, 3.8) is 0 Å². The standard InChI is InChI=1S/C18H14N4O4S2/c23-27(24,14-8-3-1-4-9-14)20-16-12-7-13-17-18(16)19-21-22(17)28(25,26)15-10-5-2-6-11-15/h1-13,20H. The predicted octanol–water partition coefficient (Wildman–Crippen LogP) is 2.47. The summed E-state index contributed by atoms with van der Waals surface area (Å²) < 4.78 is 54.1. The van der Waals surface area contributed by atoms with Crippen LogP contribution in [0.3, 0.4) is 0 Å². The third-order valence-electron chi connectivity index (χ3n) is 4.01. The minimum Gasteiger partial charge on any atom is -0.277 e. The van der Waals surface area contributed by atoms with Gasteiger partial charge in [-0.25, -0.2) is 8.42 Å². The number of anilines is 1. The Morgan fingerprint density at radius 3 is 1.96 bits per heavy atom. The average molecular weight is 414 g/mol. The van der Waals surface area contributed by atoms with Gasteiger partial charge in [-0.15, -0.1) is 9.19 Å². The highest BCUT2D eigenvalue weighted by molar-refractivity contribution is 7.92. The summed E-state index contributed by atoms with van der Waals surface area (Å²) >= 11 is 0. The Balaban J connectivity index is 1.80. The molecule has 0 amide bonds. The molecular formula is C18H14N4O4S2. The molecule has 10 heteroatoms. The summed E-state index contributed by atoms with van der Waals surface area (Å²) in [4.78, 5) is 0.133. The summed E-state index contributed by atoms with van der Waals surface area (Å²) in [6.45, 7) is 0. The highest BCUT2D eigenvalue weighted by atomic mass is 32.2. The van der Waals surface area contributed by atoms with Gasteiger partial charge in [0.05, 0.1) is 15.5 Å². The second-order valence-electron chi connectivity index (χ2n) is 5.84. The van der Waals surface area contributed by atoms with Gasteiger partial charge >= 0.3 is 0 Å². The van der Waals surface area contributed by atoms with Crippen LogP contribution in [0, 0.1) is 0 Å². The second-order valence-corrected chi connectivity index (χ2v) is 9.29. The molecule has 4 aromatic rings. The molecule has 8 nitrogen and oxygen atoms in total. The molecule has 1 aromatic heterocycles. The van der Waals surface area contributed by atoms with E-state index in [1.54, 1.807) is 36.4 Å². The minimum absolute atomic E-state index is 0.0528. The van der Waals surface area contributed by atoms with E-state index in [9.17, 15) is 16.8 Å². The van der Waals surface area contributed by atoms with Crippen molar-refractivity contribution in [2.45, 2.75) is 9.79 Å². The average Bonchev–Trinajstić information content (AvgIpc) is 3.15. The summed E-state index contributed by atoms with van der Waals surface area (Å²) in [5, 5.41) is 7.65. The first-order valence-electron chi connectivity index (χ1n) is 8.12. The van der Waals surface area contributed by atoms with Gasteiger partial charge < -0.3 is 0 Å². The Labute approximate surface area is 161 Å². The highest BCUT2D eigenvalue weighted by Crippen LogP contribution is 2.26. The van der Waals surface area contributed by atoms with Crippen molar-refractivity contribution in [2.75, 3.05) is 4.72 Å². The van der Waals surface area contributed by atoms with Crippen LogP contribution in [-0.2, 0) is 20.0 Å². The number of nitrogens with one attached hydrogen (secondary N) is 1. The van der Waals surface area contributed by atoms with E-state index in [0.29, 0.717) is 0 Å². The number of hydrogen-bond donors (Lipinski definition) is 1. The summed E-state index contributed by atoms with van der Waals surface area (Å²) in [5.41, 5.74) is 0.425. The Morgan fingerprint density at radius 1 is 0.714 bits per heavy atom. The van der Waals surface area contributed by atoms with E-state index in [1.807, 2.05) is 0 Å². The SMILES string of the molecule is O=S(=O)(Nc1cccc2c1nnn2S(=O)(=O)c1ccccc1)c1ccccc1. The maximum absolute atomic E-state index is 12.8. The van der Waals surface area contributed by atoms with Gasteiger partial charge in [0.2, 0.25) is 0 Å². The Kier molecular flexibility index (Phi) is 4.36. The molecular weight excluding hydrogens is 400 g/mol. The van der Waals surface area contributed by atoms with E-state index >= 15 is 0 Å². The zero-order valence-corrected chi connectivity index (χ0v) is 15.9. The number of nitrogens with zero attached hydrogens (tertiary/aromatic N) is 3. The molecule has 0 unspecified atom stereocenters. The molecule has 0 radical (unpaired) electrons. The molecule has 0 aliphatic rings. The second kappa shape index (κ2) is 6.73. The van der Waals surface area contributed by atoms with E-state index in [-0.39, 0.29) is 26.5 Å². The lowest BCUT2D eigenvalue weighted by Gasteiger charge is -2.09. The zero-order valence-electron chi connectivity index (χ0n) is 14.3. The van der Waals surface area contributed by atoms with E-state index in [0.717, 1.165) is 4.09 Å². The van der Waals surface area contributed by atoms with E-state index in [2.05, 4.69) is 15.0 Å². The molecule has 0 saturated carbocycles. The van der Waals surface area contributed by atoms with Gasteiger partial charge in [-0.2, -0.15) is 8.42 Å². The fourth-order valence-corrected chi connectivity index (χ4v) is 5.01. The third-order valence-corrected chi connectivity index (χ3v) is 6.99. The van der Waals surface area contributed by atoms with Crippen LogP contribution in [0.25, 0.3) is 11.0 Å². The van der Waals surface area contributed by atoms with Crippen LogP contribution in [-0.4, -0.2) is 31.2 Å². The molecule has 0 fully saturated rings. The normalized spacial score (nSPS) is 12.1. The first-order chi connectivity index (χ1) is 13.4. The first-order valence-corrected chi connectivity index (χ1v) is 11.0. The van der Waals surface area contributed by atoms with E-state index < -0.39 is 20.0 Å². The molecule has 0 atom stereocenters. The topological polar surface area (TPSA) is 111 Å². The molecule has 1 heterocycles. The summed E-state index contributed by atoms with van der Waals surface area (Å²) in [6.07, 6.45) is 0. The summed E-state index contributed by atoms with van der Waals surface area (Å²) in [7, 11) is -7.83. The smallest absolute Gasteiger partial charge is 0.277 e. The van der Waals surface area contributed by atoms with E-state index in [4.69, 9.17) is 0 Å². The minimum atomic E-state index is -3.97. The van der Waals surface area contributed by atoms with Crippen molar-refractivity contribution in [1.82, 2.24) is 14.4 Å². The summed E-state index contributed by atoms with van der Waals surface area (Å²) in [5.74, 6) is 0. The first kappa shape index (κ1) is 18.1. The van der Waals surface area contributed by atoms with Crippen molar-refractivity contribution >= 4 is 36.8 Å². The number of rotatable bonds is 5. The number of benzene rings is 3. The van der Waals surface area contributed by atoms with Crippen LogP contribution in [0.1, 0.15) is 0 Å². The predicted molar refractivity (Wildman–Crippen MR) is 104 cm³/mol. The largest absolute Gasteiger partial charge is 0.284 e. The fraction of sp³-hybridized carbons (Fsp3) is 0. The Morgan fingerprint density at radius 2 is 1.32 bits per heavy atom. The Bertz CT molecular complexity index is 1350. The van der Waals surface area contributed by atoms with Gasteiger partial charge in [0, 0.05) is 0 Å². The van der Waals surface area contributed by atoms with Gasteiger partial charge in [-0.3, -0.25) is 4.72 Å². The number of sulfonamides is 1. The third kappa shape index (κ3) is 3.12. The monoisotopic (exact) mass is 414 g/mol. The van der Waals surface area contributed by atoms with Crippen LogP contribution in [0.5, 0.6) is 0 Å². The van der Waals surface area contributed by atoms with Gasteiger partial charge in [0.15, 0.2) is 0 Å². The maximum atomic E-state index is 12.8. The molecule has 1 N–H and O–H groups in total. The molecule has 3 aromatic carbocycles. The molecule has 0 spiro atoms. The van der Waals surface area contributed by atoms with Crippen molar-refractivity contribution in [3.8, 4) is 0 Å². The van der Waals surface area contributed by atoms with E-state index in [1.165, 1.54) is 42.5 Å². The van der Waals surface area contributed by atoms with Gasteiger partial charge in [-0.1, -0.05) is 47.7 Å². The lowest BCUT2D eigenvalue weighted by atomic mass is 10.3. The number of fused-ring (bicyclic) bond motifs is 1. The zero-order chi connectivity index (χ0) is 19.8. The van der Waals surface area contributed by atoms with Crippen molar-refractivity contribution in [2.24, 2.45) is 0 Å². The van der Waals surface area contributed by atoms with Crippen LogP contribution >= 0.6 is 0 Å².